The van der Waals surface area contributed by atoms with Crippen LogP contribution in [0.3, 0.4) is 0 Å². The molecule has 1 unspecified atom stereocenters. The first-order valence-corrected chi connectivity index (χ1v) is 8.22. The Kier molecular flexibility index (Phi) is 5.08. The Morgan fingerprint density at radius 1 is 1.47 bits per heavy atom. The maximum Gasteiger partial charge on any atom is 0.247 e. The van der Waals surface area contributed by atoms with E-state index in [1.807, 2.05) is 6.92 Å². The summed E-state index contributed by atoms with van der Waals surface area (Å²) in [5, 5.41) is 7.71. The van der Waals surface area contributed by atoms with E-state index in [-0.39, 0.29) is 16.7 Å². The van der Waals surface area contributed by atoms with Gasteiger partial charge in [0.1, 0.15) is 4.21 Å². The second-order valence-electron chi connectivity index (χ2n) is 4.62. The largest absolute Gasteiger partial charge is 0.350 e. The molecule has 6 nitrogen and oxygen atoms in total. The van der Waals surface area contributed by atoms with E-state index < -0.39 is 15.6 Å². The van der Waals surface area contributed by atoms with Gasteiger partial charge in [0.25, 0.3) is 0 Å². The van der Waals surface area contributed by atoms with E-state index >= 15 is 0 Å². The lowest BCUT2D eigenvalue weighted by molar-refractivity contribution is -0.126. The fourth-order valence-electron chi connectivity index (χ4n) is 1.61. The molecular weight excluding hydrogens is 286 g/mol. The van der Waals surface area contributed by atoms with Crippen molar-refractivity contribution in [2.75, 3.05) is 0 Å². The Morgan fingerprint density at radius 3 is 2.58 bits per heavy atom. The minimum atomic E-state index is -3.68. The Balaban J connectivity index is 2.63. The summed E-state index contributed by atoms with van der Waals surface area (Å²) in [5.41, 5.74) is 4.98. The third-order valence-corrected chi connectivity index (χ3v) is 5.15. The van der Waals surface area contributed by atoms with Crippen LogP contribution in [0.25, 0.3) is 0 Å². The molecule has 0 aliphatic rings. The molecule has 5 N–H and O–H groups in total. The number of amides is 1. The van der Waals surface area contributed by atoms with Gasteiger partial charge in [-0.2, -0.15) is 0 Å². The number of nitrogens with one attached hydrogen (secondary N) is 1. The standard InChI is InChI=1S/C11H19N3O3S2/c1-3-6-11(2,12)10(15)14-7-8-4-5-9(18-8)19(13,16)17/h4-5H,3,6-7,12H2,1-2H3,(H,14,15)(H2,13,16,17). The SMILES string of the molecule is CCCC(C)(N)C(=O)NCc1ccc(S(N)(=O)=O)s1. The van der Waals surface area contributed by atoms with Crippen LogP contribution in [0, 0.1) is 0 Å². The first kappa shape index (κ1) is 16.1. The van der Waals surface area contributed by atoms with Crippen molar-refractivity contribution in [1.29, 1.82) is 0 Å². The second kappa shape index (κ2) is 6.00. The van der Waals surface area contributed by atoms with Gasteiger partial charge < -0.3 is 11.1 Å². The highest BCUT2D eigenvalue weighted by Gasteiger charge is 2.26. The van der Waals surface area contributed by atoms with E-state index in [4.69, 9.17) is 10.9 Å². The monoisotopic (exact) mass is 305 g/mol. The van der Waals surface area contributed by atoms with E-state index in [2.05, 4.69) is 5.32 Å². The minimum absolute atomic E-state index is 0.0841. The average molecular weight is 305 g/mol. The summed E-state index contributed by atoms with van der Waals surface area (Å²) >= 11 is 1.04. The number of carbonyl (C=O) groups excluding carboxylic acids is 1. The van der Waals surface area contributed by atoms with Crippen molar-refractivity contribution >= 4 is 27.3 Å². The van der Waals surface area contributed by atoms with E-state index in [9.17, 15) is 13.2 Å². The maximum absolute atomic E-state index is 11.9. The fourth-order valence-corrected chi connectivity index (χ4v) is 3.33. The Labute approximate surface area is 117 Å². The van der Waals surface area contributed by atoms with Crippen LogP contribution in [0.1, 0.15) is 31.6 Å². The summed E-state index contributed by atoms with van der Waals surface area (Å²) in [5.74, 6) is -0.250. The normalized spacial score (nSPS) is 14.9. The third kappa shape index (κ3) is 4.57. The topological polar surface area (TPSA) is 115 Å². The van der Waals surface area contributed by atoms with Crippen LogP contribution in [-0.2, 0) is 21.4 Å². The number of thiophene rings is 1. The van der Waals surface area contributed by atoms with Gasteiger partial charge in [-0.05, 0) is 25.5 Å². The van der Waals surface area contributed by atoms with Crippen LogP contribution in [0.15, 0.2) is 16.3 Å². The number of sulfonamides is 1. The molecule has 19 heavy (non-hydrogen) atoms. The molecule has 0 saturated heterocycles. The van der Waals surface area contributed by atoms with Crippen molar-refractivity contribution in [3.8, 4) is 0 Å². The molecule has 0 aliphatic carbocycles. The summed E-state index contributed by atoms with van der Waals surface area (Å²) < 4.78 is 22.3. The molecule has 0 fully saturated rings. The van der Waals surface area contributed by atoms with Gasteiger partial charge in [0.15, 0.2) is 0 Å². The molecule has 0 radical (unpaired) electrons. The van der Waals surface area contributed by atoms with Crippen molar-refractivity contribution in [2.24, 2.45) is 10.9 Å². The molecule has 0 aromatic carbocycles. The predicted molar refractivity (Wildman–Crippen MR) is 75.0 cm³/mol. The van der Waals surface area contributed by atoms with E-state index in [1.54, 1.807) is 13.0 Å². The van der Waals surface area contributed by atoms with E-state index in [1.165, 1.54) is 6.07 Å². The van der Waals surface area contributed by atoms with Gasteiger partial charge in [0, 0.05) is 4.88 Å². The number of primary sulfonamides is 1. The summed E-state index contributed by atoms with van der Waals surface area (Å²) in [6, 6.07) is 3.05. The van der Waals surface area contributed by atoms with Gasteiger partial charge in [0.2, 0.25) is 15.9 Å². The van der Waals surface area contributed by atoms with Crippen LogP contribution in [0.5, 0.6) is 0 Å². The Morgan fingerprint density at radius 2 is 2.11 bits per heavy atom. The highest BCUT2D eigenvalue weighted by atomic mass is 32.2. The molecule has 8 heteroatoms. The fraction of sp³-hybridized carbons (Fsp3) is 0.545. The van der Waals surface area contributed by atoms with Gasteiger partial charge in [-0.3, -0.25) is 4.79 Å². The summed E-state index contributed by atoms with van der Waals surface area (Å²) in [6.07, 6.45) is 1.40. The van der Waals surface area contributed by atoms with Crippen LogP contribution in [-0.4, -0.2) is 19.9 Å². The highest BCUT2D eigenvalue weighted by molar-refractivity contribution is 7.91. The molecule has 1 atom stereocenters. The number of carbonyl (C=O) groups is 1. The first-order chi connectivity index (χ1) is 8.66. The maximum atomic E-state index is 11.9. The zero-order valence-electron chi connectivity index (χ0n) is 11.0. The molecule has 108 valence electrons. The van der Waals surface area contributed by atoms with Crippen molar-refractivity contribution in [2.45, 2.75) is 43.0 Å². The van der Waals surface area contributed by atoms with Crippen LogP contribution in [0.2, 0.25) is 0 Å². The molecule has 1 amide bonds. The highest BCUT2D eigenvalue weighted by Crippen LogP contribution is 2.20. The van der Waals surface area contributed by atoms with Crippen LogP contribution in [0.4, 0.5) is 0 Å². The number of hydrogen-bond acceptors (Lipinski definition) is 5. The molecular formula is C11H19N3O3S2. The lowest BCUT2D eigenvalue weighted by Crippen LogP contribution is -2.51. The van der Waals surface area contributed by atoms with Gasteiger partial charge in [-0.15, -0.1) is 11.3 Å². The lowest BCUT2D eigenvalue weighted by atomic mass is 9.96. The van der Waals surface area contributed by atoms with E-state index in [0.29, 0.717) is 11.3 Å². The third-order valence-electron chi connectivity index (χ3n) is 2.63. The number of rotatable bonds is 6. The molecule has 0 spiro atoms. The van der Waals surface area contributed by atoms with Gasteiger partial charge in [-0.25, -0.2) is 13.6 Å². The summed E-state index contributed by atoms with van der Waals surface area (Å²) in [7, 11) is -3.68. The summed E-state index contributed by atoms with van der Waals surface area (Å²) in [4.78, 5) is 12.6. The number of hydrogen-bond donors (Lipinski definition) is 3. The van der Waals surface area contributed by atoms with Crippen molar-refractivity contribution < 1.29 is 13.2 Å². The molecule has 1 rings (SSSR count). The predicted octanol–water partition coefficient (Wildman–Crippen LogP) is 0.529. The molecule has 1 heterocycles. The minimum Gasteiger partial charge on any atom is -0.350 e. The van der Waals surface area contributed by atoms with Crippen molar-refractivity contribution in [1.82, 2.24) is 5.32 Å². The smallest absolute Gasteiger partial charge is 0.247 e. The molecule has 0 aliphatic heterocycles. The average Bonchev–Trinajstić information content (AvgIpc) is 2.73. The second-order valence-corrected chi connectivity index (χ2v) is 7.57. The molecule has 0 bridgehead atoms. The quantitative estimate of drug-likeness (QED) is 0.711. The molecule has 0 saturated carbocycles. The molecule has 1 aromatic heterocycles. The Hall–Kier alpha value is -0.960. The van der Waals surface area contributed by atoms with Crippen molar-refractivity contribution in [3.63, 3.8) is 0 Å². The zero-order valence-corrected chi connectivity index (χ0v) is 12.6. The summed E-state index contributed by atoms with van der Waals surface area (Å²) in [6.45, 7) is 3.88. The van der Waals surface area contributed by atoms with Gasteiger partial charge in [0.05, 0.1) is 12.1 Å². The van der Waals surface area contributed by atoms with Gasteiger partial charge in [-0.1, -0.05) is 13.3 Å². The van der Waals surface area contributed by atoms with E-state index in [0.717, 1.165) is 17.8 Å². The number of nitrogens with two attached hydrogens (primary N) is 2. The first-order valence-electron chi connectivity index (χ1n) is 5.85. The van der Waals surface area contributed by atoms with Crippen LogP contribution >= 0.6 is 11.3 Å². The van der Waals surface area contributed by atoms with Gasteiger partial charge >= 0.3 is 0 Å². The van der Waals surface area contributed by atoms with Crippen molar-refractivity contribution in [3.05, 3.63) is 17.0 Å². The van der Waals surface area contributed by atoms with Crippen LogP contribution < -0.4 is 16.2 Å². The lowest BCUT2D eigenvalue weighted by Gasteiger charge is -2.22. The Bertz CT molecular complexity index is 549. The zero-order chi connectivity index (χ0) is 14.7. The molecule has 1 aromatic rings.